The van der Waals surface area contributed by atoms with E-state index in [1.165, 1.54) is 33.3 Å². The third-order valence-corrected chi connectivity index (χ3v) is 5.62. The van der Waals surface area contributed by atoms with Crippen LogP contribution in [0.3, 0.4) is 0 Å². The molecule has 3 rings (SSSR count). The summed E-state index contributed by atoms with van der Waals surface area (Å²) in [5, 5.41) is 2.15. The van der Waals surface area contributed by atoms with Gasteiger partial charge < -0.3 is 5.73 Å². The number of hydrogen-bond acceptors (Lipinski definition) is 3. The lowest BCUT2D eigenvalue weighted by Crippen LogP contribution is -2.35. The third kappa shape index (κ3) is 3.57. The molecule has 1 heterocycles. The Balaban J connectivity index is 1.88. The summed E-state index contributed by atoms with van der Waals surface area (Å²) < 4.78 is 1.18. The number of thiophene rings is 1. The van der Waals surface area contributed by atoms with E-state index in [0.717, 1.165) is 6.54 Å². The van der Waals surface area contributed by atoms with Gasteiger partial charge in [0.25, 0.3) is 0 Å². The van der Waals surface area contributed by atoms with E-state index in [-0.39, 0.29) is 6.04 Å². The molecular weight excluding hydrogens is 344 g/mol. The predicted octanol–water partition coefficient (Wildman–Crippen LogP) is 4.48. The van der Waals surface area contributed by atoms with Gasteiger partial charge in [0.05, 0.1) is 0 Å². The quantitative estimate of drug-likeness (QED) is 0.818. The highest BCUT2D eigenvalue weighted by atomic mass is 79.9. The van der Waals surface area contributed by atoms with Crippen LogP contribution in [-0.2, 0) is 6.54 Å². The smallest absolute Gasteiger partial charge is 0.0488 e. The Bertz CT molecular complexity index is 593. The van der Waals surface area contributed by atoms with Gasteiger partial charge >= 0.3 is 0 Å². The molecule has 2 N–H and O–H groups in total. The van der Waals surface area contributed by atoms with E-state index in [1.54, 1.807) is 0 Å². The van der Waals surface area contributed by atoms with Gasteiger partial charge in [0.15, 0.2) is 0 Å². The average Bonchev–Trinajstić information content (AvgIpc) is 3.18. The highest BCUT2D eigenvalue weighted by Gasteiger charge is 2.34. The summed E-state index contributed by atoms with van der Waals surface area (Å²) in [5.41, 5.74) is 8.74. The molecule has 1 aromatic heterocycles. The van der Waals surface area contributed by atoms with Gasteiger partial charge in [0.2, 0.25) is 0 Å². The van der Waals surface area contributed by atoms with Gasteiger partial charge in [-0.1, -0.05) is 34.1 Å². The first kappa shape index (κ1) is 15.2. The van der Waals surface area contributed by atoms with E-state index in [2.05, 4.69) is 63.5 Å². The maximum atomic E-state index is 6.15. The molecule has 1 saturated carbocycles. The van der Waals surface area contributed by atoms with Crippen molar-refractivity contribution < 1.29 is 0 Å². The van der Waals surface area contributed by atoms with Gasteiger partial charge in [-0.2, -0.15) is 0 Å². The number of nitrogens with zero attached hydrogens (tertiary/aromatic N) is 1. The van der Waals surface area contributed by atoms with Crippen LogP contribution in [0.25, 0.3) is 0 Å². The van der Waals surface area contributed by atoms with Crippen molar-refractivity contribution in [1.29, 1.82) is 0 Å². The topological polar surface area (TPSA) is 29.3 Å². The average molecular weight is 365 g/mol. The number of halogens is 1. The minimum Gasteiger partial charge on any atom is -0.329 e. The molecule has 0 spiro atoms. The fourth-order valence-electron chi connectivity index (χ4n) is 2.83. The zero-order chi connectivity index (χ0) is 14.8. The summed E-state index contributed by atoms with van der Waals surface area (Å²) in [6, 6.07) is 11.9. The van der Waals surface area contributed by atoms with Crippen LogP contribution in [0.4, 0.5) is 0 Å². The molecule has 1 aromatic carbocycles. The molecule has 2 aromatic rings. The van der Waals surface area contributed by atoms with Gasteiger partial charge in [0.1, 0.15) is 0 Å². The molecule has 0 aliphatic heterocycles. The molecule has 1 aliphatic carbocycles. The second kappa shape index (κ2) is 6.61. The standard InChI is InChI=1S/C17H21BrN2S/c1-12-4-7-15(16(18)9-12)17(10-19)20(13-5-6-13)11-14-3-2-8-21-14/h2-4,7-9,13,17H,5-6,10-11,19H2,1H3. The van der Waals surface area contributed by atoms with Crippen molar-refractivity contribution in [3.05, 3.63) is 56.2 Å². The summed E-state index contributed by atoms with van der Waals surface area (Å²) in [6.07, 6.45) is 2.59. The minimum atomic E-state index is 0.287. The van der Waals surface area contributed by atoms with Crippen LogP contribution in [0.15, 0.2) is 40.2 Å². The Labute approximate surface area is 139 Å². The van der Waals surface area contributed by atoms with Crippen LogP contribution in [0.1, 0.15) is 34.9 Å². The van der Waals surface area contributed by atoms with Crippen molar-refractivity contribution in [2.45, 2.75) is 38.4 Å². The van der Waals surface area contributed by atoms with E-state index in [0.29, 0.717) is 12.6 Å². The third-order valence-electron chi connectivity index (χ3n) is 4.07. The molecule has 0 saturated heterocycles. The largest absolute Gasteiger partial charge is 0.329 e. The van der Waals surface area contributed by atoms with Crippen LogP contribution < -0.4 is 5.73 Å². The molecule has 0 radical (unpaired) electrons. The lowest BCUT2D eigenvalue weighted by atomic mass is 10.0. The molecular formula is C17H21BrN2S. The first-order valence-corrected chi connectivity index (χ1v) is 9.10. The fraction of sp³-hybridized carbons (Fsp3) is 0.412. The predicted molar refractivity (Wildman–Crippen MR) is 93.6 cm³/mol. The van der Waals surface area contributed by atoms with Crippen molar-refractivity contribution in [3.8, 4) is 0 Å². The molecule has 4 heteroatoms. The lowest BCUT2D eigenvalue weighted by Gasteiger charge is -2.31. The van der Waals surface area contributed by atoms with Crippen LogP contribution in [-0.4, -0.2) is 17.5 Å². The van der Waals surface area contributed by atoms with E-state index in [9.17, 15) is 0 Å². The number of rotatable bonds is 6. The number of nitrogens with two attached hydrogens (primary N) is 1. The molecule has 1 atom stereocenters. The van der Waals surface area contributed by atoms with Crippen molar-refractivity contribution >= 4 is 27.3 Å². The van der Waals surface area contributed by atoms with Gasteiger partial charge in [0, 0.05) is 34.5 Å². The van der Waals surface area contributed by atoms with Crippen molar-refractivity contribution in [1.82, 2.24) is 4.90 Å². The molecule has 0 amide bonds. The summed E-state index contributed by atoms with van der Waals surface area (Å²) in [7, 11) is 0. The van der Waals surface area contributed by atoms with Gasteiger partial charge in [-0.15, -0.1) is 11.3 Å². The van der Waals surface area contributed by atoms with Crippen molar-refractivity contribution in [2.75, 3.05) is 6.54 Å². The SMILES string of the molecule is Cc1ccc(C(CN)N(Cc2cccs2)C2CC2)c(Br)c1. The van der Waals surface area contributed by atoms with Gasteiger partial charge in [-0.3, -0.25) is 4.90 Å². The summed E-state index contributed by atoms with van der Waals surface area (Å²) in [6.45, 7) is 3.78. The van der Waals surface area contributed by atoms with E-state index in [4.69, 9.17) is 5.73 Å². The normalized spacial score (nSPS) is 16.4. The molecule has 2 nitrogen and oxygen atoms in total. The number of hydrogen-bond donors (Lipinski definition) is 1. The molecule has 112 valence electrons. The number of benzene rings is 1. The van der Waals surface area contributed by atoms with Crippen molar-refractivity contribution in [3.63, 3.8) is 0 Å². The van der Waals surface area contributed by atoms with E-state index in [1.807, 2.05) is 11.3 Å². The maximum Gasteiger partial charge on any atom is 0.0488 e. The minimum absolute atomic E-state index is 0.287. The van der Waals surface area contributed by atoms with Crippen LogP contribution in [0.2, 0.25) is 0 Å². The molecule has 0 bridgehead atoms. The Kier molecular flexibility index (Phi) is 4.79. The highest BCUT2D eigenvalue weighted by molar-refractivity contribution is 9.10. The Hall–Kier alpha value is -0.680. The highest BCUT2D eigenvalue weighted by Crippen LogP contribution is 2.38. The first-order chi connectivity index (χ1) is 10.2. The number of aryl methyl sites for hydroxylation is 1. The Morgan fingerprint density at radius 3 is 2.76 bits per heavy atom. The zero-order valence-electron chi connectivity index (χ0n) is 12.3. The summed E-state index contributed by atoms with van der Waals surface area (Å²) in [4.78, 5) is 4.00. The van der Waals surface area contributed by atoms with E-state index >= 15 is 0 Å². The Morgan fingerprint density at radius 2 is 2.19 bits per heavy atom. The summed E-state index contributed by atoms with van der Waals surface area (Å²) >= 11 is 5.56. The van der Waals surface area contributed by atoms with Crippen LogP contribution >= 0.6 is 27.3 Å². The first-order valence-electron chi connectivity index (χ1n) is 7.43. The second-order valence-corrected chi connectivity index (χ2v) is 7.65. The fourth-order valence-corrected chi connectivity index (χ4v) is 4.30. The molecule has 21 heavy (non-hydrogen) atoms. The second-order valence-electron chi connectivity index (χ2n) is 5.76. The zero-order valence-corrected chi connectivity index (χ0v) is 14.7. The molecule has 1 aliphatic rings. The van der Waals surface area contributed by atoms with E-state index < -0.39 is 0 Å². The lowest BCUT2D eigenvalue weighted by molar-refractivity contribution is 0.183. The Morgan fingerprint density at radius 1 is 1.38 bits per heavy atom. The maximum absolute atomic E-state index is 6.15. The van der Waals surface area contributed by atoms with Crippen molar-refractivity contribution in [2.24, 2.45) is 5.73 Å². The monoisotopic (exact) mass is 364 g/mol. The van der Waals surface area contributed by atoms with Gasteiger partial charge in [-0.25, -0.2) is 0 Å². The van der Waals surface area contributed by atoms with Crippen LogP contribution in [0, 0.1) is 6.92 Å². The molecule has 1 fully saturated rings. The van der Waals surface area contributed by atoms with Gasteiger partial charge in [-0.05, 0) is 48.4 Å². The molecule has 1 unspecified atom stereocenters. The van der Waals surface area contributed by atoms with Crippen LogP contribution in [0.5, 0.6) is 0 Å². The summed E-state index contributed by atoms with van der Waals surface area (Å²) in [5.74, 6) is 0.